The first kappa shape index (κ1) is 17.0. The summed E-state index contributed by atoms with van der Waals surface area (Å²) in [6.07, 6.45) is 7.79. The molecule has 26 heavy (non-hydrogen) atoms. The molecule has 1 aliphatic rings. The Kier molecular flexibility index (Phi) is 5.13. The van der Waals surface area contributed by atoms with Crippen LogP contribution in [0.1, 0.15) is 12.8 Å². The molecule has 0 spiro atoms. The van der Waals surface area contributed by atoms with Gasteiger partial charge in [-0.25, -0.2) is 14.6 Å². The summed E-state index contributed by atoms with van der Waals surface area (Å²) in [6, 6.07) is 9.46. The maximum absolute atomic E-state index is 6.06. The van der Waals surface area contributed by atoms with Crippen molar-refractivity contribution in [3.05, 3.63) is 53.9 Å². The minimum absolute atomic E-state index is 0.515. The number of anilines is 1. The second-order valence-electron chi connectivity index (χ2n) is 6.38. The van der Waals surface area contributed by atoms with E-state index in [9.17, 15) is 0 Å². The van der Waals surface area contributed by atoms with Crippen LogP contribution < -0.4 is 5.32 Å². The predicted octanol–water partition coefficient (Wildman–Crippen LogP) is 3.82. The number of rotatable bonds is 5. The summed E-state index contributed by atoms with van der Waals surface area (Å²) in [7, 11) is 0. The first-order chi connectivity index (χ1) is 12.8. The molecular formula is C19H20ClN5O. The van der Waals surface area contributed by atoms with Gasteiger partial charge in [-0.2, -0.15) is 5.10 Å². The number of nitrogens with one attached hydrogen (secondary N) is 1. The summed E-state index contributed by atoms with van der Waals surface area (Å²) in [6.45, 7) is 2.50. The minimum Gasteiger partial charge on any atom is -0.381 e. The third-order valence-electron chi connectivity index (χ3n) is 4.41. The van der Waals surface area contributed by atoms with Gasteiger partial charge in [-0.3, -0.25) is 0 Å². The lowest BCUT2D eigenvalue weighted by Gasteiger charge is -2.22. The summed E-state index contributed by atoms with van der Waals surface area (Å²) >= 11 is 6.06. The van der Waals surface area contributed by atoms with Crippen molar-refractivity contribution < 1.29 is 4.74 Å². The molecule has 4 rings (SSSR count). The second-order valence-corrected chi connectivity index (χ2v) is 6.82. The summed E-state index contributed by atoms with van der Waals surface area (Å²) in [4.78, 5) is 8.93. The van der Waals surface area contributed by atoms with Gasteiger partial charge in [-0.15, -0.1) is 0 Å². The minimum atomic E-state index is 0.515. The highest BCUT2D eigenvalue weighted by molar-refractivity contribution is 6.30. The standard InChI is InChI=1S/C19H20ClN5O/c20-16-4-1-5-17(9-16)25-12-15(11-23-25)18-6-7-21-19(24-18)22-10-14-3-2-8-26-13-14/h1,4-7,9,11-12,14H,2-3,8,10,13H2,(H,21,22,24). The van der Waals surface area contributed by atoms with Crippen LogP contribution in [0, 0.1) is 5.92 Å². The van der Waals surface area contributed by atoms with Gasteiger partial charge in [0.25, 0.3) is 0 Å². The maximum Gasteiger partial charge on any atom is 0.223 e. The molecule has 2 aromatic heterocycles. The zero-order valence-corrected chi connectivity index (χ0v) is 15.1. The average molecular weight is 370 g/mol. The Bertz CT molecular complexity index is 876. The Morgan fingerprint density at radius 2 is 2.27 bits per heavy atom. The molecule has 3 aromatic rings. The van der Waals surface area contributed by atoms with Crippen LogP contribution >= 0.6 is 11.6 Å². The van der Waals surface area contributed by atoms with Gasteiger partial charge in [0, 0.05) is 36.1 Å². The zero-order valence-electron chi connectivity index (χ0n) is 14.3. The molecular weight excluding hydrogens is 350 g/mol. The zero-order chi connectivity index (χ0) is 17.8. The Morgan fingerprint density at radius 3 is 3.12 bits per heavy atom. The fraction of sp³-hybridized carbons (Fsp3) is 0.316. The van der Waals surface area contributed by atoms with Gasteiger partial charge in [0.1, 0.15) is 0 Å². The van der Waals surface area contributed by atoms with Crippen molar-refractivity contribution in [2.75, 3.05) is 25.1 Å². The molecule has 1 aromatic carbocycles. The van der Waals surface area contributed by atoms with Crippen LogP contribution in [0.3, 0.4) is 0 Å². The van der Waals surface area contributed by atoms with Crippen molar-refractivity contribution in [2.45, 2.75) is 12.8 Å². The molecule has 0 aliphatic carbocycles. The van der Waals surface area contributed by atoms with E-state index < -0.39 is 0 Å². The highest BCUT2D eigenvalue weighted by atomic mass is 35.5. The molecule has 6 nitrogen and oxygen atoms in total. The molecule has 1 atom stereocenters. The van der Waals surface area contributed by atoms with E-state index in [0.717, 1.165) is 43.1 Å². The molecule has 1 unspecified atom stereocenters. The van der Waals surface area contributed by atoms with E-state index in [-0.39, 0.29) is 0 Å². The number of aromatic nitrogens is 4. The van der Waals surface area contributed by atoms with Gasteiger partial charge in [0.05, 0.1) is 24.2 Å². The number of nitrogens with zero attached hydrogens (tertiary/aromatic N) is 4. The van der Waals surface area contributed by atoms with Gasteiger partial charge >= 0.3 is 0 Å². The Balaban J connectivity index is 1.48. The summed E-state index contributed by atoms with van der Waals surface area (Å²) in [5.41, 5.74) is 2.67. The molecule has 0 bridgehead atoms. The molecule has 1 aliphatic heterocycles. The molecule has 1 saturated heterocycles. The van der Waals surface area contributed by atoms with Crippen molar-refractivity contribution in [1.29, 1.82) is 0 Å². The van der Waals surface area contributed by atoms with Gasteiger partial charge in [-0.05, 0) is 43.0 Å². The van der Waals surface area contributed by atoms with Crippen LogP contribution in [0.25, 0.3) is 16.9 Å². The smallest absolute Gasteiger partial charge is 0.223 e. The maximum atomic E-state index is 6.06. The number of halogens is 1. The van der Waals surface area contributed by atoms with Crippen LogP contribution in [-0.2, 0) is 4.74 Å². The number of ether oxygens (including phenoxy) is 1. The molecule has 134 valence electrons. The fourth-order valence-corrected chi connectivity index (χ4v) is 3.21. The third kappa shape index (κ3) is 4.03. The normalized spacial score (nSPS) is 17.2. The van der Waals surface area contributed by atoms with Crippen LogP contribution in [0.15, 0.2) is 48.9 Å². The van der Waals surface area contributed by atoms with E-state index in [0.29, 0.717) is 16.9 Å². The first-order valence-electron chi connectivity index (χ1n) is 8.73. The summed E-state index contributed by atoms with van der Waals surface area (Å²) < 4.78 is 7.30. The van der Waals surface area contributed by atoms with E-state index in [1.807, 2.05) is 36.5 Å². The van der Waals surface area contributed by atoms with Crippen molar-refractivity contribution in [3.8, 4) is 16.9 Å². The van der Waals surface area contributed by atoms with Crippen LogP contribution in [0.2, 0.25) is 5.02 Å². The lowest BCUT2D eigenvalue weighted by molar-refractivity contribution is 0.0594. The van der Waals surface area contributed by atoms with E-state index >= 15 is 0 Å². The van der Waals surface area contributed by atoms with Gasteiger partial charge in [0.15, 0.2) is 0 Å². The Morgan fingerprint density at radius 1 is 1.31 bits per heavy atom. The van der Waals surface area contributed by atoms with Crippen LogP contribution in [-0.4, -0.2) is 39.5 Å². The molecule has 1 N–H and O–H groups in total. The predicted molar refractivity (Wildman–Crippen MR) is 102 cm³/mol. The van der Waals surface area contributed by atoms with Gasteiger partial charge in [0.2, 0.25) is 5.95 Å². The topological polar surface area (TPSA) is 64.9 Å². The van der Waals surface area contributed by atoms with Crippen molar-refractivity contribution in [3.63, 3.8) is 0 Å². The number of benzene rings is 1. The fourth-order valence-electron chi connectivity index (χ4n) is 3.02. The van der Waals surface area contributed by atoms with E-state index in [1.165, 1.54) is 6.42 Å². The second kappa shape index (κ2) is 7.85. The van der Waals surface area contributed by atoms with E-state index in [1.54, 1.807) is 17.1 Å². The van der Waals surface area contributed by atoms with Crippen LogP contribution in [0.4, 0.5) is 5.95 Å². The molecule has 0 radical (unpaired) electrons. The molecule has 1 fully saturated rings. The molecule has 0 amide bonds. The number of hydrogen-bond acceptors (Lipinski definition) is 5. The largest absolute Gasteiger partial charge is 0.381 e. The van der Waals surface area contributed by atoms with Gasteiger partial charge in [-0.1, -0.05) is 17.7 Å². The average Bonchev–Trinajstić information content (AvgIpc) is 3.18. The van der Waals surface area contributed by atoms with Crippen molar-refractivity contribution in [2.24, 2.45) is 5.92 Å². The highest BCUT2D eigenvalue weighted by Crippen LogP contribution is 2.21. The summed E-state index contributed by atoms with van der Waals surface area (Å²) in [5.74, 6) is 1.14. The Hall–Kier alpha value is -2.44. The highest BCUT2D eigenvalue weighted by Gasteiger charge is 2.14. The lowest BCUT2D eigenvalue weighted by atomic mass is 10.0. The van der Waals surface area contributed by atoms with Crippen molar-refractivity contribution >= 4 is 17.5 Å². The third-order valence-corrected chi connectivity index (χ3v) is 4.65. The summed E-state index contributed by atoms with van der Waals surface area (Å²) in [5, 5.41) is 8.42. The van der Waals surface area contributed by atoms with Crippen LogP contribution in [0.5, 0.6) is 0 Å². The van der Waals surface area contributed by atoms with Crippen molar-refractivity contribution in [1.82, 2.24) is 19.7 Å². The lowest BCUT2D eigenvalue weighted by Crippen LogP contribution is -2.24. The first-order valence-corrected chi connectivity index (χ1v) is 9.11. The molecule has 7 heteroatoms. The van der Waals surface area contributed by atoms with Gasteiger partial charge < -0.3 is 10.1 Å². The van der Waals surface area contributed by atoms with E-state index in [4.69, 9.17) is 16.3 Å². The molecule has 0 saturated carbocycles. The molecule has 3 heterocycles. The SMILES string of the molecule is Clc1cccc(-n2cc(-c3ccnc(NCC4CCCOC4)n3)cn2)c1. The quantitative estimate of drug-likeness (QED) is 0.740. The Labute approximate surface area is 157 Å². The number of hydrogen-bond donors (Lipinski definition) is 1. The monoisotopic (exact) mass is 369 g/mol. The van der Waals surface area contributed by atoms with E-state index in [2.05, 4.69) is 20.4 Å².